The van der Waals surface area contributed by atoms with Crippen molar-refractivity contribution in [3.05, 3.63) is 34.6 Å². The number of rotatable bonds is 6. The molecule has 3 atom stereocenters. The maximum atomic E-state index is 13.1. The second-order valence-electron chi connectivity index (χ2n) is 4.58. The maximum Gasteiger partial charge on any atom is 0.141 e. The van der Waals surface area contributed by atoms with E-state index in [1.807, 2.05) is 13.8 Å². The van der Waals surface area contributed by atoms with E-state index < -0.39 is 5.82 Å². The molecular weight excluding hydrogens is 255 g/mol. The molecule has 0 radical (unpaired) electrons. The third kappa shape index (κ3) is 3.92. The number of halogens is 2. The molecule has 0 heterocycles. The molecule has 0 fully saturated rings. The van der Waals surface area contributed by atoms with Gasteiger partial charge >= 0.3 is 0 Å². The van der Waals surface area contributed by atoms with Gasteiger partial charge in [-0.1, -0.05) is 24.6 Å². The lowest BCUT2D eigenvalue weighted by atomic mass is 10.0. The van der Waals surface area contributed by atoms with Gasteiger partial charge in [-0.25, -0.2) is 4.39 Å². The predicted octanol–water partition coefficient (Wildman–Crippen LogP) is 2.09. The second kappa shape index (κ2) is 7.04. The minimum absolute atomic E-state index is 0.0932. The molecule has 1 aromatic carbocycles. The maximum absolute atomic E-state index is 13.1. The first-order valence-corrected chi connectivity index (χ1v) is 6.39. The molecule has 0 aliphatic carbocycles. The SMILES string of the molecule is CC(CO)C(C)NC(CN)c1ccc(F)c(Cl)c1. The first kappa shape index (κ1) is 15.4. The molecule has 0 bridgehead atoms. The van der Waals surface area contributed by atoms with Gasteiger partial charge in [0.2, 0.25) is 0 Å². The molecule has 102 valence electrons. The van der Waals surface area contributed by atoms with Gasteiger partial charge in [0.15, 0.2) is 0 Å². The lowest BCUT2D eigenvalue weighted by Gasteiger charge is -2.26. The lowest BCUT2D eigenvalue weighted by molar-refractivity contribution is 0.201. The zero-order chi connectivity index (χ0) is 13.7. The third-order valence-electron chi connectivity index (χ3n) is 3.19. The Kier molecular flexibility index (Phi) is 6.02. The smallest absolute Gasteiger partial charge is 0.141 e. The van der Waals surface area contributed by atoms with Gasteiger partial charge in [-0.15, -0.1) is 0 Å². The summed E-state index contributed by atoms with van der Waals surface area (Å²) in [6.45, 7) is 4.41. The molecule has 0 aromatic heterocycles. The predicted molar refractivity (Wildman–Crippen MR) is 72.1 cm³/mol. The van der Waals surface area contributed by atoms with Crippen LogP contribution in [0.4, 0.5) is 4.39 Å². The average molecular weight is 275 g/mol. The summed E-state index contributed by atoms with van der Waals surface area (Å²) in [5.74, 6) is -0.317. The first-order chi connectivity index (χ1) is 8.49. The van der Waals surface area contributed by atoms with Crippen LogP contribution >= 0.6 is 11.6 Å². The molecule has 0 amide bonds. The Hall–Kier alpha value is -0.680. The van der Waals surface area contributed by atoms with E-state index in [9.17, 15) is 4.39 Å². The molecule has 1 aromatic rings. The summed E-state index contributed by atoms with van der Waals surface area (Å²) in [6, 6.07) is 4.58. The normalized spacial score (nSPS) is 16.3. The van der Waals surface area contributed by atoms with Crippen LogP contribution in [0.3, 0.4) is 0 Å². The second-order valence-corrected chi connectivity index (χ2v) is 4.98. The zero-order valence-corrected chi connectivity index (χ0v) is 11.4. The van der Waals surface area contributed by atoms with E-state index in [1.54, 1.807) is 12.1 Å². The van der Waals surface area contributed by atoms with Gasteiger partial charge in [0.25, 0.3) is 0 Å². The Bertz CT molecular complexity index is 389. The van der Waals surface area contributed by atoms with Gasteiger partial charge < -0.3 is 16.2 Å². The van der Waals surface area contributed by atoms with Crippen LogP contribution < -0.4 is 11.1 Å². The zero-order valence-electron chi connectivity index (χ0n) is 10.7. The van der Waals surface area contributed by atoms with Crippen molar-refractivity contribution in [2.75, 3.05) is 13.2 Å². The molecular formula is C13H20ClFN2O. The highest BCUT2D eigenvalue weighted by Gasteiger charge is 2.17. The molecule has 0 saturated heterocycles. The Morgan fingerprint density at radius 2 is 2.11 bits per heavy atom. The average Bonchev–Trinajstić information content (AvgIpc) is 2.38. The Labute approximate surface area is 112 Å². The summed E-state index contributed by atoms with van der Waals surface area (Å²) < 4.78 is 13.1. The monoisotopic (exact) mass is 274 g/mol. The van der Waals surface area contributed by atoms with E-state index in [2.05, 4.69) is 5.32 Å². The van der Waals surface area contributed by atoms with E-state index in [-0.39, 0.29) is 29.6 Å². The van der Waals surface area contributed by atoms with Crippen LogP contribution in [-0.2, 0) is 0 Å². The lowest BCUT2D eigenvalue weighted by Crippen LogP contribution is -2.39. The summed E-state index contributed by atoms with van der Waals surface area (Å²) in [5, 5.41) is 12.5. The molecule has 0 saturated carbocycles. The molecule has 18 heavy (non-hydrogen) atoms. The minimum atomic E-state index is -0.437. The molecule has 1 rings (SSSR count). The topological polar surface area (TPSA) is 58.3 Å². The largest absolute Gasteiger partial charge is 0.396 e. The van der Waals surface area contributed by atoms with Gasteiger partial charge in [0.1, 0.15) is 5.82 Å². The van der Waals surface area contributed by atoms with E-state index in [4.69, 9.17) is 22.4 Å². The summed E-state index contributed by atoms with van der Waals surface area (Å²) >= 11 is 5.76. The molecule has 5 heteroatoms. The number of aliphatic hydroxyl groups is 1. The van der Waals surface area contributed by atoms with E-state index in [1.165, 1.54) is 6.07 Å². The molecule has 3 unspecified atom stereocenters. The van der Waals surface area contributed by atoms with Crippen molar-refractivity contribution >= 4 is 11.6 Å². The van der Waals surface area contributed by atoms with Gasteiger partial charge in [-0.3, -0.25) is 0 Å². The summed E-state index contributed by atoms with van der Waals surface area (Å²) in [7, 11) is 0. The minimum Gasteiger partial charge on any atom is -0.396 e. The van der Waals surface area contributed by atoms with Crippen molar-refractivity contribution in [1.82, 2.24) is 5.32 Å². The van der Waals surface area contributed by atoms with Crippen molar-refractivity contribution in [2.45, 2.75) is 25.9 Å². The van der Waals surface area contributed by atoms with Crippen molar-refractivity contribution in [3.63, 3.8) is 0 Å². The number of hydrogen-bond acceptors (Lipinski definition) is 3. The number of benzene rings is 1. The van der Waals surface area contributed by atoms with Crippen molar-refractivity contribution in [2.24, 2.45) is 11.7 Å². The molecule has 4 N–H and O–H groups in total. The van der Waals surface area contributed by atoms with E-state index in [0.717, 1.165) is 5.56 Å². The standard InChI is InChI=1S/C13H20ClFN2O/c1-8(7-18)9(2)17-13(6-16)10-3-4-12(15)11(14)5-10/h3-5,8-9,13,17-18H,6-7,16H2,1-2H3. The fourth-order valence-corrected chi connectivity index (χ4v) is 1.86. The van der Waals surface area contributed by atoms with Crippen LogP contribution in [0.5, 0.6) is 0 Å². The van der Waals surface area contributed by atoms with Gasteiger partial charge in [0, 0.05) is 25.2 Å². The summed E-state index contributed by atoms with van der Waals surface area (Å²) in [4.78, 5) is 0. The van der Waals surface area contributed by atoms with E-state index in [0.29, 0.717) is 6.54 Å². The third-order valence-corrected chi connectivity index (χ3v) is 3.48. The molecule has 0 spiro atoms. The van der Waals surface area contributed by atoms with Gasteiger partial charge in [0.05, 0.1) is 5.02 Å². The number of aliphatic hydroxyl groups excluding tert-OH is 1. The Morgan fingerprint density at radius 3 is 2.61 bits per heavy atom. The number of hydrogen-bond donors (Lipinski definition) is 3. The Balaban J connectivity index is 2.79. The van der Waals surface area contributed by atoms with Crippen LogP contribution in [0, 0.1) is 11.7 Å². The van der Waals surface area contributed by atoms with Crippen LogP contribution in [-0.4, -0.2) is 24.3 Å². The van der Waals surface area contributed by atoms with E-state index >= 15 is 0 Å². The molecule has 3 nitrogen and oxygen atoms in total. The summed E-state index contributed by atoms with van der Waals surface area (Å²) in [6.07, 6.45) is 0. The molecule has 0 aliphatic rings. The van der Waals surface area contributed by atoms with Crippen LogP contribution in [0.25, 0.3) is 0 Å². The van der Waals surface area contributed by atoms with Gasteiger partial charge in [-0.05, 0) is 30.5 Å². The fraction of sp³-hybridized carbons (Fsp3) is 0.538. The highest BCUT2D eigenvalue weighted by Crippen LogP contribution is 2.21. The first-order valence-electron chi connectivity index (χ1n) is 6.01. The number of nitrogens with two attached hydrogens (primary N) is 1. The number of nitrogens with one attached hydrogen (secondary N) is 1. The van der Waals surface area contributed by atoms with Crippen molar-refractivity contribution in [1.29, 1.82) is 0 Å². The van der Waals surface area contributed by atoms with Crippen molar-refractivity contribution in [3.8, 4) is 0 Å². The van der Waals surface area contributed by atoms with Crippen molar-refractivity contribution < 1.29 is 9.50 Å². The fourth-order valence-electron chi connectivity index (χ4n) is 1.67. The highest BCUT2D eigenvalue weighted by molar-refractivity contribution is 6.30. The van der Waals surface area contributed by atoms with Gasteiger partial charge in [-0.2, -0.15) is 0 Å². The van der Waals surface area contributed by atoms with Crippen LogP contribution in [0.1, 0.15) is 25.5 Å². The highest BCUT2D eigenvalue weighted by atomic mass is 35.5. The molecule has 0 aliphatic heterocycles. The quantitative estimate of drug-likeness (QED) is 0.744. The van der Waals surface area contributed by atoms with Crippen LogP contribution in [0.2, 0.25) is 5.02 Å². The van der Waals surface area contributed by atoms with Crippen LogP contribution in [0.15, 0.2) is 18.2 Å². The Morgan fingerprint density at radius 1 is 1.44 bits per heavy atom. The summed E-state index contributed by atoms with van der Waals surface area (Å²) in [5.41, 5.74) is 6.57.